The first-order valence-electron chi connectivity index (χ1n) is 9.29. The van der Waals surface area contributed by atoms with Crippen LogP contribution in [0.4, 0.5) is 5.95 Å². The highest BCUT2D eigenvalue weighted by Gasteiger charge is 2.10. The van der Waals surface area contributed by atoms with Crippen LogP contribution in [0, 0.1) is 0 Å². The van der Waals surface area contributed by atoms with Gasteiger partial charge in [-0.25, -0.2) is 14.7 Å². The summed E-state index contributed by atoms with van der Waals surface area (Å²) in [6.45, 7) is 4.12. The van der Waals surface area contributed by atoms with Gasteiger partial charge in [-0.15, -0.1) is 0 Å². The molecule has 0 radical (unpaired) electrons. The average molecular weight is 415 g/mol. The summed E-state index contributed by atoms with van der Waals surface area (Å²) in [5.41, 5.74) is 7.11. The average Bonchev–Trinajstić information content (AvgIpc) is 3.18. The molecule has 1 aromatic heterocycles. The second-order valence-corrected chi connectivity index (χ2v) is 7.02. The molecular weight excluding hydrogens is 396 g/mol. The molecule has 3 aromatic carbocycles. The van der Waals surface area contributed by atoms with Gasteiger partial charge < -0.3 is 5.11 Å². The Balaban J connectivity index is 1.70. The van der Waals surface area contributed by atoms with E-state index in [-0.39, 0.29) is 5.75 Å². The van der Waals surface area contributed by atoms with Crippen molar-refractivity contribution in [2.24, 2.45) is 4.99 Å². The molecule has 4 rings (SSSR count). The molecule has 0 aliphatic rings. The fourth-order valence-electron chi connectivity index (χ4n) is 2.90. The van der Waals surface area contributed by atoms with E-state index in [1.807, 2.05) is 66.9 Å². The van der Waals surface area contributed by atoms with Gasteiger partial charge in [0.15, 0.2) is 0 Å². The Bertz CT molecular complexity index is 1200. The van der Waals surface area contributed by atoms with Gasteiger partial charge in [-0.05, 0) is 23.8 Å². The minimum Gasteiger partial charge on any atom is -0.507 e. The van der Waals surface area contributed by atoms with E-state index in [4.69, 9.17) is 11.6 Å². The lowest BCUT2D eigenvalue weighted by Crippen LogP contribution is -2.11. The van der Waals surface area contributed by atoms with Crippen molar-refractivity contribution in [2.75, 3.05) is 5.43 Å². The van der Waals surface area contributed by atoms with Crippen molar-refractivity contribution in [1.29, 1.82) is 0 Å². The SMILES string of the molecule is C=C(Nn1cc(-c2ccccc2)nc1/N=C/c1cc(Cl)ccc1O)c1ccccc1. The topological polar surface area (TPSA) is 62.4 Å². The molecule has 2 N–H and O–H groups in total. The zero-order valence-electron chi connectivity index (χ0n) is 16.0. The number of imidazole rings is 1. The number of nitrogens with one attached hydrogen (secondary N) is 1. The predicted octanol–water partition coefficient (Wildman–Crippen LogP) is 5.87. The Morgan fingerprint density at radius 1 is 1.03 bits per heavy atom. The molecule has 0 amide bonds. The minimum atomic E-state index is 0.0891. The normalized spacial score (nSPS) is 11.0. The maximum Gasteiger partial charge on any atom is 0.249 e. The Kier molecular flexibility index (Phi) is 5.63. The maximum atomic E-state index is 10.1. The molecule has 148 valence electrons. The van der Waals surface area contributed by atoms with Gasteiger partial charge in [0, 0.05) is 22.4 Å². The molecule has 6 heteroatoms. The zero-order chi connectivity index (χ0) is 20.9. The molecule has 0 bridgehead atoms. The largest absolute Gasteiger partial charge is 0.507 e. The predicted molar refractivity (Wildman–Crippen MR) is 123 cm³/mol. The number of phenolic OH excluding ortho intramolecular Hbond substituents is 1. The number of halogens is 1. The van der Waals surface area contributed by atoms with Gasteiger partial charge in [-0.2, -0.15) is 0 Å². The van der Waals surface area contributed by atoms with Gasteiger partial charge in [-0.3, -0.25) is 5.43 Å². The van der Waals surface area contributed by atoms with Crippen LogP contribution < -0.4 is 5.43 Å². The van der Waals surface area contributed by atoms with Crippen molar-refractivity contribution in [1.82, 2.24) is 9.66 Å². The number of hydrogen-bond acceptors (Lipinski definition) is 4. The highest BCUT2D eigenvalue weighted by molar-refractivity contribution is 6.30. The highest BCUT2D eigenvalue weighted by atomic mass is 35.5. The molecule has 30 heavy (non-hydrogen) atoms. The second kappa shape index (κ2) is 8.68. The number of aromatic nitrogens is 2. The van der Waals surface area contributed by atoms with Gasteiger partial charge >= 0.3 is 0 Å². The van der Waals surface area contributed by atoms with E-state index in [9.17, 15) is 5.11 Å². The summed E-state index contributed by atoms with van der Waals surface area (Å²) in [7, 11) is 0. The summed E-state index contributed by atoms with van der Waals surface area (Å²) >= 11 is 6.03. The number of aliphatic imine (C=N–C) groups is 1. The third-order valence-corrected chi connectivity index (χ3v) is 4.68. The van der Waals surface area contributed by atoms with Crippen LogP contribution >= 0.6 is 11.6 Å². The molecule has 0 saturated heterocycles. The summed E-state index contributed by atoms with van der Waals surface area (Å²) in [5, 5.41) is 10.6. The van der Waals surface area contributed by atoms with Gasteiger partial charge in [0.05, 0.1) is 17.6 Å². The smallest absolute Gasteiger partial charge is 0.249 e. The quantitative estimate of drug-likeness (QED) is 0.387. The number of nitrogens with zero attached hydrogens (tertiary/aromatic N) is 3. The van der Waals surface area contributed by atoms with Gasteiger partial charge in [0.2, 0.25) is 5.95 Å². The summed E-state index contributed by atoms with van der Waals surface area (Å²) in [6, 6.07) is 24.4. The van der Waals surface area contributed by atoms with Crippen molar-refractivity contribution in [2.45, 2.75) is 0 Å². The summed E-state index contributed by atoms with van der Waals surface area (Å²) in [6.07, 6.45) is 3.38. The Morgan fingerprint density at radius 3 is 2.47 bits per heavy atom. The van der Waals surface area contributed by atoms with E-state index < -0.39 is 0 Å². The number of phenols is 1. The Labute approximate surface area is 179 Å². The molecule has 0 aliphatic carbocycles. The number of benzene rings is 3. The lowest BCUT2D eigenvalue weighted by molar-refractivity contribution is 0.474. The van der Waals surface area contributed by atoms with Crippen molar-refractivity contribution in [3.05, 3.63) is 108 Å². The summed E-state index contributed by atoms with van der Waals surface area (Å²) < 4.78 is 1.70. The molecule has 0 aliphatic heterocycles. The van der Waals surface area contributed by atoms with E-state index in [2.05, 4.69) is 22.0 Å². The van der Waals surface area contributed by atoms with E-state index in [1.165, 1.54) is 12.3 Å². The standard InChI is InChI=1S/C24H19ClN4O/c1-17(18-8-4-2-5-9-18)28-29-16-22(19-10-6-3-7-11-19)27-24(29)26-15-20-14-21(25)12-13-23(20)30/h2-16,28,30H,1H2/b26-15+. The third-order valence-electron chi connectivity index (χ3n) is 4.44. The number of rotatable bonds is 6. The molecular formula is C24H19ClN4O. The number of hydrogen-bond donors (Lipinski definition) is 2. The van der Waals surface area contributed by atoms with Crippen LogP contribution in [0.25, 0.3) is 17.0 Å². The Morgan fingerprint density at radius 2 is 1.73 bits per heavy atom. The molecule has 0 spiro atoms. The first kappa shape index (κ1) is 19.5. The lowest BCUT2D eigenvalue weighted by Gasteiger charge is -2.11. The molecule has 0 atom stereocenters. The van der Waals surface area contributed by atoms with Crippen molar-refractivity contribution >= 4 is 29.5 Å². The molecule has 5 nitrogen and oxygen atoms in total. The molecule has 0 saturated carbocycles. The highest BCUT2D eigenvalue weighted by Crippen LogP contribution is 2.24. The van der Waals surface area contributed by atoms with Crippen LogP contribution in [-0.2, 0) is 0 Å². The maximum absolute atomic E-state index is 10.1. The summed E-state index contributed by atoms with van der Waals surface area (Å²) in [4.78, 5) is 9.12. The molecule has 4 aromatic rings. The first-order valence-corrected chi connectivity index (χ1v) is 9.67. The Hall–Kier alpha value is -3.83. The zero-order valence-corrected chi connectivity index (χ0v) is 16.8. The number of aromatic hydroxyl groups is 1. The van der Waals surface area contributed by atoms with Crippen molar-refractivity contribution in [3.8, 4) is 17.0 Å². The van der Waals surface area contributed by atoms with E-state index >= 15 is 0 Å². The second-order valence-electron chi connectivity index (χ2n) is 6.58. The van der Waals surface area contributed by atoms with Gasteiger partial charge in [-0.1, -0.05) is 78.8 Å². The van der Waals surface area contributed by atoms with Crippen LogP contribution in [0.15, 0.2) is 96.6 Å². The van der Waals surface area contributed by atoms with Crippen LogP contribution in [0.1, 0.15) is 11.1 Å². The van der Waals surface area contributed by atoms with E-state index in [0.717, 1.165) is 16.8 Å². The van der Waals surface area contributed by atoms with E-state index in [1.54, 1.807) is 16.8 Å². The van der Waals surface area contributed by atoms with Crippen LogP contribution in [0.2, 0.25) is 5.02 Å². The van der Waals surface area contributed by atoms with Crippen LogP contribution in [0.3, 0.4) is 0 Å². The van der Waals surface area contributed by atoms with Crippen LogP contribution in [-0.4, -0.2) is 21.0 Å². The third kappa shape index (κ3) is 4.42. The lowest BCUT2D eigenvalue weighted by atomic mass is 10.2. The van der Waals surface area contributed by atoms with E-state index in [0.29, 0.717) is 22.2 Å². The fourth-order valence-corrected chi connectivity index (χ4v) is 3.08. The molecule has 1 heterocycles. The minimum absolute atomic E-state index is 0.0891. The van der Waals surface area contributed by atoms with Gasteiger partial charge in [0.25, 0.3) is 0 Å². The molecule has 0 fully saturated rings. The fraction of sp³-hybridized carbons (Fsp3) is 0. The molecule has 0 unspecified atom stereocenters. The van der Waals surface area contributed by atoms with Crippen molar-refractivity contribution in [3.63, 3.8) is 0 Å². The van der Waals surface area contributed by atoms with Crippen molar-refractivity contribution < 1.29 is 5.11 Å². The first-order chi connectivity index (χ1) is 14.6. The van der Waals surface area contributed by atoms with Crippen LogP contribution in [0.5, 0.6) is 5.75 Å². The monoisotopic (exact) mass is 414 g/mol. The van der Waals surface area contributed by atoms with Gasteiger partial charge in [0.1, 0.15) is 5.75 Å². The summed E-state index contributed by atoms with van der Waals surface area (Å²) in [5.74, 6) is 0.497.